The molecule has 12 heteroatoms. The molecule has 1 heterocycles. The summed E-state index contributed by atoms with van der Waals surface area (Å²) >= 11 is 0. The van der Waals surface area contributed by atoms with Gasteiger partial charge in [-0.05, 0) is 30.7 Å². The van der Waals surface area contributed by atoms with Gasteiger partial charge in [0.1, 0.15) is 10.9 Å². The van der Waals surface area contributed by atoms with Gasteiger partial charge in [-0.15, -0.1) is 0 Å². The SMILES string of the molecule is CCC1(C(NC(=O)c2ccc(S(F)(F)(F)(F)F)cc2)C(=O)NO)CNC1. The molecule has 1 aliphatic heterocycles. The maximum absolute atomic E-state index is 12.7. The predicted molar refractivity (Wildman–Crippen MR) is 84.6 cm³/mol. The molecule has 1 saturated heterocycles. The topological polar surface area (TPSA) is 90.5 Å². The number of halogens is 5. The number of nitrogens with one attached hydrogen (secondary N) is 3. The highest BCUT2D eigenvalue weighted by molar-refractivity contribution is 8.45. The van der Waals surface area contributed by atoms with E-state index in [4.69, 9.17) is 5.21 Å². The summed E-state index contributed by atoms with van der Waals surface area (Å²) in [5.41, 5.74) is 0.441. The van der Waals surface area contributed by atoms with Gasteiger partial charge in [-0.3, -0.25) is 14.8 Å². The van der Waals surface area contributed by atoms with Gasteiger partial charge in [-0.2, -0.15) is 0 Å². The number of hydrogen-bond acceptors (Lipinski definition) is 4. The van der Waals surface area contributed by atoms with Gasteiger partial charge in [0.2, 0.25) is 0 Å². The molecule has 0 aromatic heterocycles. The zero-order valence-electron chi connectivity index (χ0n) is 13.6. The largest absolute Gasteiger partial charge is 0.339 e. The Hall–Kier alpha value is -1.92. The summed E-state index contributed by atoms with van der Waals surface area (Å²) in [5, 5.41) is 14.2. The van der Waals surface area contributed by atoms with E-state index in [0.29, 0.717) is 31.6 Å². The van der Waals surface area contributed by atoms with E-state index in [1.165, 1.54) is 5.48 Å². The third-order valence-corrected chi connectivity index (χ3v) is 5.64. The van der Waals surface area contributed by atoms with Gasteiger partial charge in [-0.1, -0.05) is 26.4 Å². The summed E-state index contributed by atoms with van der Waals surface area (Å²) in [6.07, 6.45) is 0.474. The van der Waals surface area contributed by atoms with Crippen LogP contribution in [0, 0.1) is 5.41 Å². The molecule has 1 aliphatic rings. The molecule has 1 unspecified atom stereocenters. The van der Waals surface area contributed by atoms with E-state index in [-0.39, 0.29) is 17.7 Å². The standard InChI is InChI=1S/C14H18F5N3O3S/c1-2-14(7-20-8-14)11(13(24)22-25)21-12(23)9-3-5-10(6-4-9)26(15,16,17,18)19/h3-6,11,20,25H,2,7-8H2,1H3,(H,21,23)(H,22,24). The minimum atomic E-state index is -9.82. The van der Waals surface area contributed by atoms with Crippen LogP contribution >= 0.6 is 10.2 Å². The molecule has 0 radical (unpaired) electrons. The van der Waals surface area contributed by atoms with Crippen molar-refractivity contribution in [2.45, 2.75) is 24.3 Å². The Balaban J connectivity index is 2.24. The minimum Gasteiger partial charge on any atom is -0.339 e. The average molecular weight is 403 g/mol. The lowest BCUT2D eigenvalue weighted by Gasteiger charge is -2.46. The van der Waals surface area contributed by atoms with Crippen molar-refractivity contribution in [3.05, 3.63) is 29.8 Å². The van der Waals surface area contributed by atoms with Crippen molar-refractivity contribution in [3.8, 4) is 0 Å². The van der Waals surface area contributed by atoms with Gasteiger partial charge in [0.05, 0.1) is 0 Å². The van der Waals surface area contributed by atoms with Gasteiger partial charge < -0.3 is 10.6 Å². The molecule has 6 nitrogen and oxygen atoms in total. The van der Waals surface area contributed by atoms with Crippen molar-refractivity contribution >= 4 is 22.0 Å². The van der Waals surface area contributed by atoms with E-state index < -0.39 is 38.4 Å². The molecule has 2 rings (SSSR count). The Kier molecular flexibility index (Phi) is 4.54. The van der Waals surface area contributed by atoms with Crippen LogP contribution in [-0.2, 0) is 4.79 Å². The fourth-order valence-corrected chi connectivity index (χ4v) is 3.39. The Morgan fingerprint density at radius 1 is 1.19 bits per heavy atom. The summed E-state index contributed by atoms with van der Waals surface area (Å²) < 4.78 is 63.5. The first-order valence-electron chi connectivity index (χ1n) is 7.52. The lowest BCUT2D eigenvalue weighted by molar-refractivity contribution is -0.136. The van der Waals surface area contributed by atoms with E-state index in [2.05, 4.69) is 10.6 Å². The summed E-state index contributed by atoms with van der Waals surface area (Å²) in [6.45, 7) is 2.53. The van der Waals surface area contributed by atoms with Crippen LogP contribution in [0.4, 0.5) is 19.4 Å². The van der Waals surface area contributed by atoms with Crippen LogP contribution in [0.15, 0.2) is 29.2 Å². The monoisotopic (exact) mass is 403 g/mol. The molecule has 1 fully saturated rings. The smallest absolute Gasteiger partial charge is 0.310 e. The van der Waals surface area contributed by atoms with E-state index >= 15 is 0 Å². The lowest BCUT2D eigenvalue weighted by Crippen LogP contribution is -2.67. The molecular formula is C14H18F5N3O3S. The van der Waals surface area contributed by atoms with Crippen molar-refractivity contribution in [3.63, 3.8) is 0 Å². The molecule has 0 bridgehead atoms. The van der Waals surface area contributed by atoms with Gasteiger partial charge in [-0.25, -0.2) is 5.48 Å². The Morgan fingerprint density at radius 3 is 2.08 bits per heavy atom. The van der Waals surface area contributed by atoms with E-state index in [1.54, 1.807) is 6.92 Å². The number of carbonyl (C=O) groups is 2. The average Bonchev–Trinajstić information content (AvgIpc) is 2.50. The van der Waals surface area contributed by atoms with Crippen LogP contribution in [0.2, 0.25) is 0 Å². The van der Waals surface area contributed by atoms with Crippen molar-refractivity contribution in [1.29, 1.82) is 0 Å². The maximum Gasteiger partial charge on any atom is 0.310 e. The Bertz CT molecular complexity index is 714. The number of benzene rings is 1. The van der Waals surface area contributed by atoms with Gasteiger partial charge in [0, 0.05) is 24.1 Å². The number of rotatable bonds is 6. The predicted octanol–water partition coefficient (Wildman–Crippen LogP) is 2.95. The normalized spacial score (nSPS) is 20.1. The molecule has 4 N–H and O–H groups in total. The third kappa shape index (κ3) is 4.07. The van der Waals surface area contributed by atoms with E-state index in [9.17, 15) is 29.0 Å². The zero-order chi connectivity index (χ0) is 19.9. The number of hydrogen-bond donors (Lipinski definition) is 4. The van der Waals surface area contributed by atoms with Crippen LogP contribution in [0.1, 0.15) is 23.7 Å². The Morgan fingerprint density at radius 2 is 1.73 bits per heavy atom. The number of amides is 2. The molecule has 148 valence electrons. The van der Waals surface area contributed by atoms with Crippen molar-refractivity contribution < 1.29 is 34.2 Å². The van der Waals surface area contributed by atoms with Gasteiger partial charge in [0.25, 0.3) is 11.8 Å². The first-order chi connectivity index (χ1) is 11.7. The zero-order valence-corrected chi connectivity index (χ0v) is 14.4. The first kappa shape index (κ1) is 20.4. The molecule has 0 aliphatic carbocycles. The highest BCUT2D eigenvalue weighted by Gasteiger charge is 2.65. The fourth-order valence-electron chi connectivity index (χ4n) is 2.74. The van der Waals surface area contributed by atoms with Crippen LogP contribution in [0.3, 0.4) is 0 Å². The summed E-state index contributed by atoms with van der Waals surface area (Å²) in [7, 11) is -9.82. The van der Waals surface area contributed by atoms with Crippen LogP contribution in [0.5, 0.6) is 0 Å². The van der Waals surface area contributed by atoms with Crippen molar-refractivity contribution in [2.75, 3.05) is 13.1 Å². The van der Waals surface area contributed by atoms with E-state index in [0.717, 1.165) is 0 Å². The quantitative estimate of drug-likeness (QED) is 0.334. The highest BCUT2D eigenvalue weighted by atomic mass is 32.5. The molecule has 2 amide bonds. The molecule has 0 saturated carbocycles. The van der Waals surface area contributed by atoms with Crippen LogP contribution in [-0.4, -0.2) is 36.2 Å². The third-order valence-electron chi connectivity index (χ3n) is 4.48. The first-order valence-corrected chi connectivity index (χ1v) is 9.47. The lowest BCUT2D eigenvalue weighted by atomic mass is 9.72. The fraction of sp³-hybridized carbons (Fsp3) is 0.429. The maximum atomic E-state index is 12.7. The van der Waals surface area contributed by atoms with Crippen molar-refractivity contribution in [2.24, 2.45) is 5.41 Å². The highest BCUT2D eigenvalue weighted by Crippen LogP contribution is 3.02. The van der Waals surface area contributed by atoms with E-state index in [1.807, 2.05) is 0 Å². The second-order valence-corrected chi connectivity index (χ2v) is 8.60. The second-order valence-electron chi connectivity index (χ2n) is 6.20. The van der Waals surface area contributed by atoms with Crippen LogP contribution < -0.4 is 16.1 Å². The van der Waals surface area contributed by atoms with Crippen molar-refractivity contribution in [1.82, 2.24) is 16.1 Å². The molecule has 0 spiro atoms. The minimum absolute atomic E-state index is 0.123. The molecule has 26 heavy (non-hydrogen) atoms. The molecule has 1 aromatic rings. The van der Waals surface area contributed by atoms with Gasteiger partial charge in [0.15, 0.2) is 0 Å². The van der Waals surface area contributed by atoms with Gasteiger partial charge >= 0.3 is 10.2 Å². The molecular weight excluding hydrogens is 385 g/mol. The molecule has 1 atom stereocenters. The number of hydroxylamine groups is 1. The number of carbonyl (C=O) groups excluding carboxylic acids is 2. The summed E-state index contributed by atoms with van der Waals surface area (Å²) in [5.74, 6) is -1.81. The molecule has 1 aromatic carbocycles. The summed E-state index contributed by atoms with van der Waals surface area (Å²) in [6, 6.07) is 0.305. The second kappa shape index (κ2) is 5.79. The van der Waals surface area contributed by atoms with Crippen LogP contribution in [0.25, 0.3) is 0 Å². The summed E-state index contributed by atoms with van der Waals surface area (Å²) in [4.78, 5) is 22.0. The Labute approximate surface area is 145 Å².